The lowest BCUT2D eigenvalue weighted by atomic mass is 10.1. The highest BCUT2D eigenvalue weighted by Gasteiger charge is 2.21. The summed E-state index contributed by atoms with van der Waals surface area (Å²) < 4.78 is 32.0. The van der Waals surface area contributed by atoms with Crippen LogP contribution in [-0.4, -0.2) is 27.5 Å². The first-order valence-corrected chi connectivity index (χ1v) is 9.30. The zero-order chi connectivity index (χ0) is 18.4. The van der Waals surface area contributed by atoms with E-state index in [1.54, 1.807) is 12.1 Å². The Hall–Kier alpha value is -2.38. The van der Waals surface area contributed by atoms with Crippen molar-refractivity contribution in [2.45, 2.75) is 31.3 Å². The maximum absolute atomic E-state index is 12.3. The fourth-order valence-corrected chi connectivity index (χ4v) is 3.36. The molecule has 7 heteroatoms. The molecule has 0 aromatic heterocycles. The summed E-state index contributed by atoms with van der Waals surface area (Å²) in [7, 11) is -2.28. The lowest BCUT2D eigenvalue weighted by Gasteiger charge is -2.15. The summed E-state index contributed by atoms with van der Waals surface area (Å²) in [6.07, 6.45) is 0. The third kappa shape index (κ3) is 5.30. The number of carbonyl (C=O) groups excluding carboxylic acids is 1. The van der Waals surface area contributed by atoms with Gasteiger partial charge < -0.3 is 10.1 Å². The van der Waals surface area contributed by atoms with Gasteiger partial charge in [0.2, 0.25) is 15.9 Å². The van der Waals surface area contributed by atoms with Crippen molar-refractivity contribution >= 4 is 15.9 Å². The van der Waals surface area contributed by atoms with Gasteiger partial charge >= 0.3 is 0 Å². The Balaban J connectivity index is 1.95. The van der Waals surface area contributed by atoms with Gasteiger partial charge in [-0.3, -0.25) is 4.79 Å². The van der Waals surface area contributed by atoms with Gasteiger partial charge in [-0.15, -0.1) is 0 Å². The van der Waals surface area contributed by atoms with E-state index in [1.807, 2.05) is 31.2 Å². The number of nitrogens with one attached hydrogen (secondary N) is 2. The third-order valence-corrected chi connectivity index (χ3v) is 5.24. The number of aryl methyl sites for hydroxylation is 1. The fourth-order valence-electron chi connectivity index (χ4n) is 2.16. The third-order valence-electron chi connectivity index (χ3n) is 3.68. The first-order chi connectivity index (χ1) is 11.8. The van der Waals surface area contributed by atoms with E-state index < -0.39 is 22.0 Å². The van der Waals surface area contributed by atoms with Crippen LogP contribution in [0.25, 0.3) is 0 Å². The Morgan fingerprint density at radius 3 is 2.24 bits per heavy atom. The zero-order valence-electron chi connectivity index (χ0n) is 14.4. The lowest BCUT2D eigenvalue weighted by Crippen LogP contribution is -2.44. The van der Waals surface area contributed by atoms with Crippen molar-refractivity contribution in [3.63, 3.8) is 0 Å². The molecule has 2 aromatic rings. The van der Waals surface area contributed by atoms with Gasteiger partial charge in [0.15, 0.2) is 0 Å². The van der Waals surface area contributed by atoms with E-state index in [9.17, 15) is 13.2 Å². The topological polar surface area (TPSA) is 84.5 Å². The van der Waals surface area contributed by atoms with Crippen LogP contribution < -0.4 is 14.8 Å². The maximum atomic E-state index is 12.3. The van der Waals surface area contributed by atoms with Gasteiger partial charge in [0.25, 0.3) is 0 Å². The molecule has 6 nitrogen and oxygen atoms in total. The van der Waals surface area contributed by atoms with Crippen LogP contribution >= 0.6 is 0 Å². The Kier molecular flexibility index (Phi) is 6.17. The van der Waals surface area contributed by atoms with Crippen molar-refractivity contribution in [1.29, 1.82) is 0 Å². The van der Waals surface area contributed by atoms with E-state index in [2.05, 4.69) is 10.0 Å². The lowest BCUT2D eigenvalue weighted by molar-refractivity contribution is -0.122. The quantitative estimate of drug-likeness (QED) is 0.789. The zero-order valence-corrected chi connectivity index (χ0v) is 15.3. The normalized spacial score (nSPS) is 12.4. The summed E-state index contributed by atoms with van der Waals surface area (Å²) in [4.78, 5) is 12.2. The predicted octanol–water partition coefficient (Wildman–Crippen LogP) is 1.99. The average molecular weight is 362 g/mol. The summed E-state index contributed by atoms with van der Waals surface area (Å²) >= 11 is 0. The number of rotatable bonds is 7. The van der Waals surface area contributed by atoms with Gasteiger partial charge in [-0.1, -0.05) is 29.8 Å². The van der Waals surface area contributed by atoms with E-state index in [4.69, 9.17) is 4.74 Å². The monoisotopic (exact) mass is 362 g/mol. The molecule has 0 saturated heterocycles. The summed E-state index contributed by atoms with van der Waals surface area (Å²) in [5.41, 5.74) is 2.08. The molecule has 0 fully saturated rings. The highest BCUT2D eigenvalue weighted by atomic mass is 32.2. The SMILES string of the molecule is COc1ccc(S(=O)(=O)N[C@H](C)C(=O)NCc2ccc(C)cc2)cc1. The van der Waals surface area contributed by atoms with Gasteiger partial charge in [-0.25, -0.2) is 8.42 Å². The molecule has 25 heavy (non-hydrogen) atoms. The van der Waals surface area contributed by atoms with Crippen molar-refractivity contribution in [3.05, 3.63) is 59.7 Å². The highest BCUT2D eigenvalue weighted by molar-refractivity contribution is 7.89. The maximum Gasteiger partial charge on any atom is 0.241 e. The first kappa shape index (κ1) is 19.0. The second-order valence-corrected chi connectivity index (χ2v) is 7.44. The van der Waals surface area contributed by atoms with Crippen molar-refractivity contribution in [1.82, 2.24) is 10.0 Å². The van der Waals surface area contributed by atoms with Crippen LogP contribution in [0, 0.1) is 6.92 Å². The van der Waals surface area contributed by atoms with Gasteiger partial charge in [0.1, 0.15) is 5.75 Å². The Bertz CT molecular complexity index is 815. The molecule has 0 saturated carbocycles. The van der Waals surface area contributed by atoms with Crippen LogP contribution in [0.3, 0.4) is 0 Å². The minimum absolute atomic E-state index is 0.0754. The Labute approximate surface area is 148 Å². The van der Waals surface area contributed by atoms with E-state index in [-0.39, 0.29) is 4.90 Å². The molecule has 2 aromatic carbocycles. The Morgan fingerprint density at radius 1 is 1.08 bits per heavy atom. The van der Waals surface area contributed by atoms with Crippen LogP contribution in [-0.2, 0) is 21.4 Å². The molecule has 0 bridgehead atoms. The number of ether oxygens (including phenoxy) is 1. The summed E-state index contributed by atoms with van der Waals surface area (Å²) in [5, 5.41) is 2.72. The summed E-state index contributed by atoms with van der Waals surface area (Å²) in [5.74, 6) is 0.167. The molecule has 1 atom stereocenters. The minimum Gasteiger partial charge on any atom is -0.497 e. The van der Waals surface area contributed by atoms with E-state index in [0.717, 1.165) is 11.1 Å². The summed E-state index contributed by atoms with van der Waals surface area (Å²) in [6.45, 7) is 3.83. The molecular formula is C18H22N2O4S. The fraction of sp³-hybridized carbons (Fsp3) is 0.278. The predicted molar refractivity (Wildman–Crippen MR) is 95.8 cm³/mol. The van der Waals surface area contributed by atoms with Crippen LogP contribution in [0.15, 0.2) is 53.4 Å². The van der Waals surface area contributed by atoms with Gasteiger partial charge in [0.05, 0.1) is 18.0 Å². The molecule has 0 spiro atoms. The standard InChI is InChI=1S/C18H22N2O4S/c1-13-4-6-15(7-5-13)12-19-18(21)14(2)20-25(22,23)17-10-8-16(24-3)9-11-17/h4-11,14,20H,12H2,1-3H3,(H,19,21)/t14-/m1/s1. The van der Waals surface area contributed by atoms with Crippen LogP contribution in [0.4, 0.5) is 0 Å². The second kappa shape index (κ2) is 8.13. The molecule has 0 heterocycles. The number of sulfonamides is 1. The minimum atomic E-state index is -3.78. The number of benzene rings is 2. The Morgan fingerprint density at radius 2 is 1.68 bits per heavy atom. The van der Waals surface area contributed by atoms with Crippen molar-refractivity contribution in [3.8, 4) is 5.75 Å². The van der Waals surface area contributed by atoms with Gasteiger partial charge in [0, 0.05) is 6.54 Å². The number of carbonyl (C=O) groups is 1. The van der Waals surface area contributed by atoms with Crippen LogP contribution in [0.1, 0.15) is 18.1 Å². The van der Waals surface area contributed by atoms with Crippen LogP contribution in [0.2, 0.25) is 0 Å². The van der Waals surface area contributed by atoms with E-state index in [1.165, 1.54) is 26.2 Å². The van der Waals surface area contributed by atoms with Gasteiger partial charge in [-0.05, 0) is 43.7 Å². The van der Waals surface area contributed by atoms with E-state index >= 15 is 0 Å². The molecule has 0 unspecified atom stereocenters. The average Bonchev–Trinajstić information content (AvgIpc) is 2.60. The molecule has 0 aliphatic carbocycles. The molecule has 1 amide bonds. The number of amides is 1. The molecule has 2 N–H and O–H groups in total. The molecule has 0 aliphatic rings. The van der Waals surface area contributed by atoms with E-state index in [0.29, 0.717) is 12.3 Å². The highest BCUT2D eigenvalue weighted by Crippen LogP contribution is 2.15. The smallest absolute Gasteiger partial charge is 0.241 e. The molecule has 134 valence electrons. The molecular weight excluding hydrogens is 340 g/mol. The second-order valence-electron chi connectivity index (χ2n) is 5.72. The van der Waals surface area contributed by atoms with Crippen LogP contribution in [0.5, 0.6) is 5.75 Å². The number of methoxy groups -OCH3 is 1. The van der Waals surface area contributed by atoms with Crippen molar-refractivity contribution < 1.29 is 17.9 Å². The van der Waals surface area contributed by atoms with Crippen molar-refractivity contribution in [2.24, 2.45) is 0 Å². The van der Waals surface area contributed by atoms with Crippen molar-refractivity contribution in [2.75, 3.05) is 7.11 Å². The summed E-state index contributed by atoms with van der Waals surface area (Å²) in [6, 6.07) is 12.8. The number of hydrogen-bond acceptors (Lipinski definition) is 4. The molecule has 0 aliphatic heterocycles. The largest absolute Gasteiger partial charge is 0.497 e. The molecule has 2 rings (SSSR count). The van der Waals surface area contributed by atoms with Gasteiger partial charge in [-0.2, -0.15) is 4.72 Å². The molecule has 0 radical (unpaired) electrons. The number of hydrogen-bond donors (Lipinski definition) is 2. The first-order valence-electron chi connectivity index (χ1n) is 7.81.